The van der Waals surface area contributed by atoms with E-state index in [-0.39, 0.29) is 5.92 Å². The highest BCUT2D eigenvalue weighted by molar-refractivity contribution is 5.76. The summed E-state index contributed by atoms with van der Waals surface area (Å²) in [7, 11) is 1.94. The largest absolute Gasteiger partial charge is 0.440 e. The van der Waals surface area contributed by atoms with Gasteiger partial charge in [0, 0.05) is 6.04 Å². The average Bonchev–Trinajstić information content (AvgIpc) is 2.94. The molecule has 2 aromatic rings. The number of hydrogen-bond acceptors (Lipinski definition) is 4. The molecule has 0 spiro atoms. The minimum Gasteiger partial charge on any atom is -0.440 e. The first-order chi connectivity index (χ1) is 8.29. The fourth-order valence-electron chi connectivity index (χ4n) is 2.34. The van der Waals surface area contributed by atoms with Gasteiger partial charge in [-0.25, -0.2) is 4.98 Å². The van der Waals surface area contributed by atoms with Gasteiger partial charge in [0.15, 0.2) is 5.58 Å². The molecular formula is C13H16N2O2. The molecule has 1 aromatic carbocycles. The van der Waals surface area contributed by atoms with Crippen LogP contribution in [-0.2, 0) is 4.74 Å². The van der Waals surface area contributed by atoms with Crippen molar-refractivity contribution in [3.05, 3.63) is 29.7 Å². The number of aryl methyl sites for hydroxylation is 1. The summed E-state index contributed by atoms with van der Waals surface area (Å²) in [6, 6.07) is 6.32. The van der Waals surface area contributed by atoms with Gasteiger partial charge in [-0.3, -0.25) is 0 Å². The number of rotatable bonds is 2. The fraction of sp³-hybridized carbons (Fsp3) is 0.462. The number of nitrogens with one attached hydrogen (secondary N) is 1. The van der Waals surface area contributed by atoms with Gasteiger partial charge in [0.25, 0.3) is 0 Å². The predicted octanol–water partition coefficient (Wildman–Crippen LogP) is 1.84. The van der Waals surface area contributed by atoms with Crippen molar-refractivity contribution in [2.45, 2.75) is 18.9 Å². The molecule has 4 nitrogen and oxygen atoms in total. The average molecular weight is 232 g/mol. The highest BCUT2D eigenvalue weighted by Gasteiger charge is 2.32. The first-order valence-electron chi connectivity index (χ1n) is 5.90. The molecular weight excluding hydrogens is 216 g/mol. The molecule has 1 aliphatic heterocycles. The van der Waals surface area contributed by atoms with E-state index in [1.807, 2.05) is 32.2 Å². The molecule has 1 N–H and O–H groups in total. The molecule has 90 valence electrons. The molecule has 1 aromatic heterocycles. The van der Waals surface area contributed by atoms with Crippen molar-refractivity contribution in [1.29, 1.82) is 0 Å². The fourth-order valence-corrected chi connectivity index (χ4v) is 2.34. The number of oxazole rings is 1. The van der Waals surface area contributed by atoms with Crippen LogP contribution < -0.4 is 5.32 Å². The molecule has 2 unspecified atom stereocenters. The highest BCUT2D eigenvalue weighted by Crippen LogP contribution is 2.29. The van der Waals surface area contributed by atoms with E-state index in [2.05, 4.69) is 10.3 Å². The Balaban J connectivity index is 2.03. The van der Waals surface area contributed by atoms with Crippen LogP contribution in [0.2, 0.25) is 0 Å². The maximum atomic E-state index is 5.88. The van der Waals surface area contributed by atoms with Crippen LogP contribution in [0, 0.1) is 6.92 Å². The second-order valence-corrected chi connectivity index (χ2v) is 4.51. The molecule has 2 heterocycles. The molecule has 0 radical (unpaired) electrons. The Morgan fingerprint density at radius 1 is 1.35 bits per heavy atom. The molecule has 1 saturated heterocycles. The molecule has 4 heteroatoms. The molecule has 17 heavy (non-hydrogen) atoms. The van der Waals surface area contributed by atoms with Crippen molar-refractivity contribution >= 4 is 11.1 Å². The summed E-state index contributed by atoms with van der Waals surface area (Å²) in [6.45, 7) is 3.44. The lowest BCUT2D eigenvalue weighted by atomic mass is 10.0. The number of hydrogen-bond donors (Lipinski definition) is 1. The molecule has 0 bridgehead atoms. The van der Waals surface area contributed by atoms with Crippen LogP contribution in [0.25, 0.3) is 11.1 Å². The van der Waals surface area contributed by atoms with Crippen molar-refractivity contribution in [2.24, 2.45) is 0 Å². The summed E-state index contributed by atoms with van der Waals surface area (Å²) in [6.07, 6.45) is 0. The summed E-state index contributed by atoms with van der Waals surface area (Å²) < 4.78 is 11.4. The van der Waals surface area contributed by atoms with E-state index in [9.17, 15) is 0 Å². The Morgan fingerprint density at radius 2 is 2.24 bits per heavy atom. The van der Waals surface area contributed by atoms with Crippen molar-refractivity contribution < 1.29 is 9.15 Å². The summed E-state index contributed by atoms with van der Waals surface area (Å²) in [5, 5.41) is 3.25. The Hall–Kier alpha value is -1.39. The van der Waals surface area contributed by atoms with Crippen LogP contribution >= 0.6 is 0 Å². The summed E-state index contributed by atoms with van der Waals surface area (Å²) >= 11 is 0. The van der Waals surface area contributed by atoms with Crippen LogP contribution in [0.1, 0.15) is 17.4 Å². The lowest BCUT2D eigenvalue weighted by Gasteiger charge is -2.12. The van der Waals surface area contributed by atoms with E-state index >= 15 is 0 Å². The monoisotopic (exact) mass is 232 g/mol. The van der Waals surface area contributed by atoms with Gasteiger partial charge in [0.1, 0.15) is 5.52 Å². The molecule has 2 atom stereocenters. The Morgan fingerprint density at radius 3 is 3.00 bits per heavy atom. The molecule has 3 rings (SSSR count). The van der Waals surface area contributed by atoms with Gasteiger partial charge >= 0.3 is 0 Å². The van der Waals surface area contributed by atoms with Gasteiger partial charge in [-0.15, -0.1) is 0 Å². The third kappa shape index (κ3) is 1.73. The lowest BCUT2D eigenvalue weighted by Crippen LogP contribution is -2.31. The van der Waals surface area contributed by atoms with E-state index in [1.54, 1.807) is 0 Å². The standard InChI is InChI=1S/C13H16N2O2/c1-8-4-3-5-10-12(8)17-13(15-10)9-6-16-7-11(9)14-2/h3-5,9,11,14H,6-7H2,1-2H3. The minimum absolute atomic E-state index is 0.215. The van der Waals surface area contributed by atoms with Gasteiger partial charge in [-0.1, -0.05) is 12.1 Å². The summed E-state index contributed by atoms with van der Waals surface area (Å²) in [5.74, 6) is 0.998. The second kappa shape index (κ2) is 4.13. The number of likely N-dealkylation sites (N-methyl/N-ethyl adjacent to an activating group) is 1. The Labute approximate surface area is 100.0 Å². The molecule has 0 amide bonds. The van der Waals surface area contributed by atoms with Crippen LogP contribution in [-0.4, -0.2) is 31.3 Å². The normalized spacial score (nSPS) is 24.6. The predicted molar refractivity (Wildman–Crippen MR) is 65.2 cm³/mol. The van der Waals surface area contributed by atoms with Crippen molar-refractivity contribution in [3.63, 3.8) is 0 Å². The number of aromatic nitrogens is 1. The number of nitrogens with zero attached hydrogens (tertiary/aromatic N) is 1. The van der Waals surface area contributed by atoms with Gasteiger partial charge in [0.2, 0.25) is 5.89 Å². The van der Waals surface area contributed by atoms with Crippen LogP contribution in [0.15, 0.2) is 22.6 Å². The number of fused-ring (bicyclic) bond motifs is 1. The van der Waals surface area contributed by atoms with Crippen LogP contribution in [0.4, 0.5) is 0 Å². The van der Waals surface area contributed by atoms with Gasteiger partial charge in [-0.05, 0) is 25.6 Å². The van der Waals surface area contributed by atoms with Crippen LogP contribution in [0.3, 0.4) is 0 Å². The maximum Gasteiger partial charge on any atom is 0.202 e. The van der Waals surface area contributed by atoms with Gasteiger partial charge in [0.05, 0.1) is 19.1 Å². The SMILES string of the molecule is CNC1COCC1c1nc2cccc(C)c2o1. The van der Waals surface area contributed by atoms with E-state index < -0.39 is 0 Å². The van der Waals surface area contributed by atoms with E-state index in [0.29, 0.717) is 12.6 Å². The van der Waals surface area contributed by atoms with E-state index in [1.165, 1.54) is 0 Å². The maximum absolute atomic E-state index is 5.88. The molecule has 1 aliphatic rings. The summed E-state index contributed by atoms with van der Waals surface area (Å²) in [4.78, 5) is 4.57. The Kier molecular flexibility index (Phi) is 2.61. The van der Waals surface area contributed by atoms with Crippen LogP contribution in [0.5, 0.6) is 0 Å². The van der Waals surface area contributed by atoms with Crippen molar-refractivity contribution in [3.8, 4) is 0 Å². The quantitative estimate of drug-likeness (QED) is 0.858. The zero-order valence-corrected chi connectivity index (χ0v) is 10.1. The third-order valence-electron chi connectivity index (χ3n) is 3.40. The first-order valence-corrected chi connectivity index (χ1v) is 5.90. The second-order valence-electron chi connectivity index (χ2n) is 4.51. The van der Waals surface area contributed by atoms with Gasteiger partial charge in [-0.2, -0.15) is 0 Å². The van der Waals surface area contributed by atoms with Crippen molar-refractivity contribution in [1.82, 2.24) is 10.3 Å². The minimum atomic E-state index is 0.215. The Bertz CT molecular complexity index is 535. The topological polar surface area (TPSA) is 47.3 Å². The highest BCUT2D eigenvalue weighted by atomic mass is 16.5. The zero-order chi connectivity index (χ0) is 11.8. The molecule has 0 saturated carbocycles. The number of para-hydroxylation sites is 1. The summed E-state index contributed by atoms with van der Waals surface area (Å²) in [5.41, 5.74) is 2.95. The zero-order valence-electron chi connectivity index (χ0n) is 10.1. The van der Waals surface area contributed by atoms with E-state index in [4.69, 9.17) is 9.15 Å². The van der Waals surface area contributed by atoms with Gasteiger partial charge < -0.3 is 14.5 Å². The lowest BCUT2D eigenvalue weighted by molar-refractivity contribution is 0.186. The molecule has 0 aliphatic carbocycles. The third-order valence-corrected chi connectivity index (χ3v) is 3.40. The molecule has 1 fully saturated rings. The smallest absolute Gasteiger partial charge is 0.202 e. The number of benzene rings is 1. The van der Waals surface area contributed by atoms with Crippen molar-refractivity contribution in [2.75, 3.05) is 20.3 Å². The number of ether oxygens (including phenoxy) is 1. The van der Waals surface area contributed by atoms with E-state index in [0.717, 1.165) is 29.2 Å². The first kappa shape index (κ1) is 10.7.